The van der Waals surface area contributed by atoms with Crippen molar-refractivity contribution in [2.24, 2.45) is 5.14 Å². The second-order valence-electron chi connectivity index (χ2n) is 5.92. The zero-order valence-corrected chi connectivity index (χ0v) is 15.9. The molecule has 0 radical (unpaired) electrons. The molecule has 0 spiro atoms. The molecule has 142 valence electrons. The molecular weight excluding hydrogens is 392 g/mol. The van der Waals surface area contributed by atoms with Crippen molar-refractivity contribution in [2.75, 3.05) is 18.3 Å². The number of fused-ring (bicyclic) bond motifs is 2. The van der Waals surface area contributed by atoms with Gasteiger partial charge in [-0.25, -0.2) is 28.5 Å². The predicted molar refractivity (Wildman–Crippen MR) is 99.1 cm³/mol. The molecule has 4 N–H and O–H groups in total. The van der Waals surface area contributed by atoms with E-state index in [0.29, 0.717) is 27.8 Å². The molecule has 1 aliphatic rings. The van der Waals surface area contributed by atoms with Crippen molar-refractivity contribution in [3.05, 3.63) is 24.0 Å². The van der Waals surface area contributed by atoms with Gasteiger partial charge in [0.15, 0.2) is 33.6 Å². The molecule has 1 aromatic carbocycles. The minimum atomic E-state index is -3.65. The molecule has 0 atom stereocenters. The summed E-state index contributed by atoms with van der Waals surface area (Å²) in [5, 5.41) is 5.69. The van der Waals surface area contributed by atoms with Crippen LogP contribution in [0.15, 0.2) is 28.5 Å². The maximum Gasteiger partial charge on any atom is 0.231 e. The quantitative estimate of drug-likeness (QED) is 0.627. The number of aromatic nitrogens is 4. The van der Waals surface area contributed by atoms with Gasteiger partial charge in [-0.1, -0.05) is 11.8 Å². The number of aryl methyl sites for hydroxylation is 2. The Morgan fingerprint density at radius 2 is 2.00 bits per heavy atom. The highest BCUT2D eigenvalue weighted by atomic mass is 32.2. The third-order valence-corrected chi connectivity index (χ3v) is 5.90. The van der Waals surface area contributed by atoms with Gasteiger partial charge in [0.1, 0.15) is 6.33 Å². The van der Waals surface area contributed by atoms with Crippen LogP contribution in [0.2, 0.25) is 0 Å². The minimum absolute atomic E-state index is 0.0950. The number of ether oxygens (including phenoxy) is 2. The molecule has 3 heterocycles. The Kier molecular flexibility index (Phi) is 4.32. The third-order valence-electron chi connectivity index (χ3n) is 4.00. The van der Waals surface area contributed by atoms with E-state index >= 15 is 0 Å². The fraction of sp³-hybridized carbons (Fsp3) is 0.267. The molecule has 0 unspecified atom stereocenters. The highest BCUT2D eigenvalue weighted by Gasteiger charge is 2.21. The first-order chi connectivity index (χ1) is 12.8. The minimum Gasteiger partial charge on any atom is -0.454 e. The predicted octanol–water partition coefficient (Wildman–Crippen LogP) is 0.885. The van der Waals surface area contributed by atoms with Gasteiger partial charge >= 0.3 is 0 Å². The Labute approximate surface area is 158 Å². The lowest BCUT2D eigenvalue weighted by Crippen LogP contribution is -2.20. The number of imidazole rings is 1. The van der Waals surface area contributed by atoms with Gasteiger partial charge in [0, 0.05) is 11.4 Å². The average Bonchev–Trinajstić information content (AvgIpc) is 3.17. The second kappa shape index (κ2) is 6.55. The second-order valence-corrected chi connectivity index (χ2v) is 8.66. The number of rotatable bonds is 5. The van der Waals surface area contributed by atoms with Crippen molar-refractivity contribution < 1.29 is 17.9 Å². The van der Waals surface area contributed by atoms with Gasteiger partial charge in [0.25, 0.3) is 0 Å². The number of anilines is 1. The van der Waals surface area contributed by atoms with Crippen LogP contribution in [0.4, 0.5) is 5.82 Å². The Morgan fingerprint density at radius 1 is 1.26 bits per heavy atom. The Bertz CT molecular complexity index is 1140. The summed E-state index contributed by atoms with van der Waals surface area (Å²) in [6.45, 7) is 2.22. The van der Waals surface area contributed by atoms with Gasteiger partial charge in [-0.05, 0) is 24.6 Å². The summed E-state index contributed by atoms with van der Waals surface area (Å²) in [5.74, 6) is 1.30. The number of benzene rings is 1. The van der Waals surface area contributed by atoms with Crippen LogP contribution >= 0.6 is 11.8 Å². The third kappa shape index (κ3) is 3.50. The molecule has 0 amide bonds. The van der Waals surface area contributed by atoms with Gasteiger partial charge in [-0.15, -0.1) is 0 Å². The highest BCUT2D eigenvalue weighted by Crippen LogP contribution is 2.40. The normalized spacial score (nSPS) is 13.4. The number of sulfonamides is 1. The van der Waals surface area contributed by atoms with E-state index in [2.05, 4.69) is 15.0 Å². The van der Waals surface area contributed by atoms with Crippen LogP contribution in [0.1, 0.15) is 5.56 Å². The molecule has 10 nitrogen and oxygen atoms in total. The summed E-state index contributed by atoms with van der Waals surface area (Å²) in [6.07, 6.45) is 1.31. The molecule has 0 bridgehead atoms. The van der Waals surface area contributed by atoms with E-state index < -0.39 is 10.0 Å². The summed E-state index contributed by atoms with van der Waals surface area (Å²) >= 11 is 1.35. The highest BCUT2D eigenvalue weighted by molar-refractivity contribution is 7.99. The van der Waals surface area contributed by atoms with Gasteiger partial charge < -0.3 is 19.8 Å². The Morgan fingerprint density at radius 3 is 2.74 bits per heavy atom. The summed E-state index contributed by atoms with van der Waals surface area (Å²) in [4.78, 5) is 13.5. The first-order valence-corrected chi connectivity index (χ1v) is 10.4. The van der Waals surface area contributed by atoms with Crippen LogP contribution in [-0.4, -0.2) is 40.5 Å². The Balaban J connectivity index is 1.78. The van der Waals surface area contributed by atoms with Crippen molar-refractivity contribution in [3.8, 4) is 11.5 Å². The summed E-state index contributed by atoms with van der Waals surface area (Å²) in [7, 11) is -3.65. The van der Waals surface area contributed by atoms with Gasteiger partial charge in [0.05, 0.1) is 5.75 Å². The zero-order valence-electron chi connectivity index (χ0n) is 14.2. The van der Waals surface area contributed by atoms with Gasteiger partial charge in [0.2, 0.25) is 16.8 Å². The number of hydrogen-bond acceptors (Lipinski definition) is 9. The Hall–Kier alpha value is -2.57. The SMILES string of the molecule is Cc1cc2c(cc1Sc1nc3c(N)ncnc3n1CCS(N)(=O)=O)OCO2. The summed E-state index contributed by atoms with van der Waals surface area (Å²) in [5.41, 5.74) is 7.73. The molecule has 0 saturated heterocycles. The number of nitrogen functional groups attached to an aromatic ring is 1. The van der Waals surface area contributed by atoms with E-state index in [1.165, 1.54) is 18.1 Å². The topological polar surface area (TPSA) is 148 Å². The fourth-order valence-corrected chi connectivity index (χ4v) is 4.11. The number of nitrogens with zero attached hydrogens (tertiary/aromatic N) is 4. The molecule has 2 aromatic heterocycles. The van der Waals surface area contributed by atoms with Crippen molar-refractivity contribution >= 4 is 38.8 Å². The molecule has 27 heavy (non-hydrogen) atoms. The average molecular weight is 408 g/mol. The van der Waals surface area contributed by atoms with E-state index in [4.69, 9.17) is 20.3 Å². The van der Waals surface area contributed by atoms with Crippen molar-refractivity contribution in [2.45, 2.75) is 23.5 Å². The standard InChI is InChI=1S/C15H16N6O4S2/c1-8-4-9-10(25-7-24-9)5-11(8)26-15-20-12-13(16)18-6-19-14(12)21(15)2-3-27(17,22)23/h4-6H,2-3,7H2,1H3,(H2,16,18,19)(H2,17,22,23). The number of primary sulfonamides is 1. The van der Waals surface area contributed by atoms with Crippen LogP contribution in [0.25, 0.3) is 11.2 Å². The maximum atomic E-state index is 11.4. The van der Waals surface area contributed by atoms with E-state index in [-0.39, 0.29) is 24.9 Å². The van der Waals surface area contributed by atoms with Crippen molar-refractivity contribution in [1.82, 2.24) is 19.5 Å². The molecule has 0 fully saturated rings. The van der Waals surface area contributed by atoms with Crippen molar-refractivity contribution in [1.29, 1.82) is 0 Å². The molecule has 12 heteroatoms. The van der Waals surface area contributed by atoms with Crippen LogP contribution < -0.4 is 20.3 Å². The smallest absolute Gasteiger partial charge is 0.231 e. The number of hydrogen-bond donors (Lipinski definition) is 2. The monoisotopic (exact) mass is 408 g/mol. The van der Waals surface area contributed by atoms with Crippen LogP contribution in [0, 0.1) is 6.92 Å². The lowest BCUT2D eigenvalue weighted by molar-refractivity contribution is 0.174. The van der Waals surface area contributed by atoms with E-state index in [0.717, 1.165) is 10.5 Å². The largest absolute Gasteiger partial charge is 0.454 e. The van der Waals surface area contributed by atoms with Gasteiger partial charge in [-0.3, -0.25) is 0 Å². The van der Waals surface area contributed by atoms with Crippen LogP contribution in [0.5, 0.6) is 11.5 Å². The molecular formula is C15H16N6O4S2. The van der Waals surface area contributed by atoms with Crippen LogP contribution in [0.3, 0.4) is 0 Å². The lowest BCUT2D eigenvalue weighted by atomic mass is 10.2. The van der Waals surface area contributed by atoms with Crippen molar-refractivity contribution in [3.63, 3.8) is 0 Å². The zero-order chi connectivity index (χ0) is 19.2. The molecule has 4 rings (SSSR count). The van der Waals surface area contributed by atoms with Gasteiger partial charge in [-0.2, -0.15) is 0 Å². The first kappa shape index (κ1) is 17.8. The maximum absolute atomic E-state index is 11.4. The molecule has 0 saturated carbocycles. The van der Waals surface area contributed by atoms with Crippen LogP contribution in [-0.2, 0) is 16.6 Å². The molecule has 1 aliphatic heterocycles. The first-order valence-electron chi connectivity index (χ1n) is 7.87. The molecule has 3 aromatic rings. The summed E-state index contributed by atoms with van der Waals surface area (Å²) in [6, 6.07) is 3.75. The van der Waals surface area contributed by atoms with E-state index in [1.807, 2.05) is 19.1 Å². The molecule has 0 aliphatic carbocycles. The van der Waals surface area contributed by atoms with E-state index in [1.54, 1.807) is 4.57 Å². The fourth-order valence-electron chi connectivity index (χ4n) is 2.67. The van der Waals surface area contributed by atoms with E-state index in [9.17, 15) is 8.42 Å². The number of nitrogens with two attached hydrogens (primary N) is 2. The lowest BCUT2D eigenvalue weighted by Gasteiger charge is -2.09. The summed E-state index contributed by atoms with van der Waals surface area (Å²) < 4.78 is 35.3.